The lowest BCUT2D eigenvalue weighted by Crippen LogP contribution is -2.44. The molecule has 0 bridgehead atoms. The van der Waals surface area contributed by atoms with Gasteiger partial charge in [-0.25, -0.2) is 0 Å². The lowest BCUT2D eigenvalue weighted by Gasteiger charge is -2.32. The molecule has 1 atom stereocenters. The molecule has 0 saturated carbocycles. The Kier molecular flexibility index (Phi) is 4.40. The van der Waals surface area contributed by atoms with Gasteiger partial charge in [0.25, 0.3) is 5.91 Å². The second kappa shape index (κ2) is 6.46. The smallest absolute Gasteiger partial charge is 0.252 e. The van der Waals surface area contributed by atoms with Crippen LogP contribution in [0, 0.1) is 0 Å². The molecule has 2 aromatic heterocycles. The molecule has 5 nitrogen and oxygen atoms in total. The minimum absolute atomic E-state index is 0.156. The van der Waals surface area contributed by atoms with Gasteiger partial charge in [-0.1, -0.05) is 0 Å². The van der Waals surface area contributed by atoms with Crippen molar-refractivity contribution < 1.29 is 4.79 Å². The SMILES string of the molecule is C[C@H](CNC(=O)c1ccc(=O)[nH]c1)N1CCc2sccc2C1. The van der Waals surface area contributed by atoms with Gasteiger partial charge < -0.3 is 10.3 Å². The van der Waals surface area contributed by atoms with Gasteiger partial charge in [0.15, 0.2) is 0 Å². The van der Waals surface area contributed by atoms with E-state index in [0.29, 0.717) is 12.1 Å². The molecular weight excluding hydrogens is 298 g/mol. The summed E-state index contributed by atoms with van der Waals surface area (Å²) in [4.78, 5) is 29.4. The van der Waals surface area contributed by atoms with Crippen LogP contribution in [0.15, 0.2) is 34.6 Å². The maximum Gasteiger partial charge on any atom is 0.252 e. The Morgan fingerprint density at radius 1 is 1.45 bits per heavy atom. The van der Waals surface area contributed by atoms with Crippen LogP contribution >= 0.6 is 11.3 Å². The number of amides is 1. The molecule has 0 aliphatic carbocycles. The number of thiophene rings is 1. The van der Waals surface area contributed by atoms with E-state index >= 15 is 0 Å². The summed E-state index contributed by atoms with van der Waals surface area (Å²) in [6.07, 6.45) is 2.53. The number of carbonyl (C=O) groups excluding carboxylic acids is 1. The molecule has 0 fully saturated rings. The number of nitrogens with zero attached hydrogens (tertiary/aromatic N) is 1. The van der Waals surface area contributed by atoms with E-state index < -0.39 is 0 Å². The molecule has 0 aromatic carbocycles. The molecule has 1 amide bonds. The molecule has 2 N–H and O–H groups in total. The first kappa shape index (κ1) is 15.0. The van der Waals surface area contributed by atoms with E-state index in [-0.39, 0.29) is 17.5 Å². The standard InChI is InChI=1S/C16H19N3O2S/c1-11(19-6-4-14-13(10-19)5-7-22-14)8-18-16(21)12-2-3-15(20)17-9-12/h2-3,5,7,9,11H,4,6,8,10H2,1H3,(H,17,20)(H,18,21)/t11-/m1/s1. The second-order valence-corrected chi connectivity index (χ2v) is 6.59. The monoisotopic (exact) mass is 317 g/mol. The first-order chi connectivity index (χ1) is 10.6. The van der Waals surface area contributed by atoms with E-state index in [1.54, 1.807) is 0 Å². The molecule has 0 saturated heterocycles. The number of rotatable bonds is 4. The van der Waals surface area contributed by atoms with E-state index in [9.17, 15) is 9.59 Å². The van der Waals surface area contributed by atoms with Crippen molar-refractivity contribution in [2.24, 2.45) is 0 Å². The number of H-pyrrole nitrogens is 1. The number of aromatic amines is 1. The van der Waals surface area contributed by atoms with Crippen molar-refractivity contribution in [2.75, 3.05) is 13.1 Å². The Labute approximate surface area is 133 Å². The first-order valence-electron chi connectivity index (χ1n) is 7.40. The molecule has 0 unspecified atom stereocenters. The zero-order valence-corrected chi connectivity index (χ0v) is 13.3. The highest BCUT2D eigenvalue weighted by molar-refractivity contribution is 7.10. The van der Waals surface area contributed by atoms with Crippen LogP contribution in [0.3, 0.4) is 0 Å². The molecule has 116 valence electrons. The summed E-state index contributed by atoms with van der Waals surface area (Å²) in [6, 6.07) is 5.37. The normalized spacial score (nSPS) is 16.0. The van der Waals surface area contributed by atoms with Crippen molar-refractivity contribution in [1.82, 2.24) is 15.2 Å². The van der Waals surface area contributed by atoms with Crippen molar-refractivity contribution in [3.05, 3.63) is 56.1 Å². The predicted molar refractivity (Wildman–Crippen MR) is 87.3 cm³/mol. The van der Waals surface area contributed by atoms with Gasteiger partial charge in [-0.2, -0.15) is 0 Å². The van der Waals surface area contributed by atoms with E-state index in [1.165, 1.54) is 28.8 Å². The van der Waals surface area contributed by atoms with Gasteiger partial charge in [-0.05, 0) is 36.4 Å². The fourth-order valence-electron chi connectivity index (χ4n) is 2.67. The van der Waals surface area contributed by atoms with Crippen LogP contribution in [0.25, 0.3) is 0 Å². The summed E-state index contributed by atoms with van der Waals surface area (Å²) in [5.41, 5.74) is 1.69. The summed E-state index contributed by atoms with van der Waals surface area (Å²) in [6.45, 7) is 4.71. The van der Waals surface area contributed by atoms with E-state index in [4.69, 9.17) is 0 Å². The Morgan fingerprint density at radius 2 is 2.32 bits per heavy atom. The van der Waals surface area contributed by atoms with Crippen LogP contribution in [-0.2, 0) is 13.0 Å². The molecule has 1 aliphatic rings. The third-order valence-electron chi connectivity index (χ3n) is 4.06. The van der Waals surface area contributed by atoms with Crippen LogP contribution in [-0.4, -0.2) is 34.9 Å². The van der Waals surface area contributed by atoms with Crippen LogP contribution in [0.4, 0.5) is 0 Å². The van der Waals surface area contributed by atoms with Gasteiger partial charge in [0, 0.05) is 42.8 Å². The van der Waals surface area contributed by atoms with Gasteiger partial charge in [-0.3, -0.25) is 14.5 Å². The number of fused-ring (bicyclic) bond motifs is 1. The molecule has 2 aromatic rings. The largest absolute Gasteiger partial charge is 0.350 e. The highest BCUT2D eigenvalue weighted by Crippen LogP contribution is 2.24. The lowest BCUT2D eigenvalue weighted by molar-refractivity contribution is 0.0932. The van der Waals surface area contributed by atoms with Crippen molar-refractivity contribution in [1.29, 1.82) is 0 Å². The fourth-order valence-corrected chi connectivity index (χ4v) is 3.56. The first-order valence-corrected chi connectivity index (χ1v) is 8.27. The Morgan fingerprint density at radius 3 is 3.09 bits per heavy atom. The number of aromatic nitrogens is 1. The molecule has 22 heavy (non-hydrogen) atoms. The third-order valence-corrected chi connectivity index (χ3v) is 5.09. The highest BCUT2D eigenvalue weighted by atomic mass is 32.1. The fraction of sp³-hybridized carbons (Fsp3) is 0.375. The van der Waals surface area contributed by atoms with Gasteiger partial charge in [-0.15, -0.1) is 11.3 Å². The molecule has 0 spiro atoms. The molecular formula is C16H19N3O2S. The zero-order chi connectivity index (χ0) is 15.5. The molecule has 6 heteroatoms. The molecule has 1 aliphatic heterocycles. The minimum atomic E-state index is -0.204. The van der Waals surface area contributed by atoms with Crippen LogP contribution in [0.2, 0.25) is 0 Å². The van der Waals surface area contributed by atoms with E-state index in [2.05, 4.69) is 33.6 Å². The molecule has 0 radical (unpaired) electrons. The number of nitrogens with one attached hydrogen (secondary N) is 2. The van der Waals surface area contributed by atoms with E-state index in [0.717, 1.165) is 19.5 Å². The Hall–Kier alpha value is -1.92. The van der Waals surface area contributed by atoms with Gasteiger partial charge >= 0.3 is 0 Å². The summed E-state index contributed by atoms with van der Waals surface area (Å²) in [5, 5.41) is 5.08. The maximum absolute atomic E-state index is 12.1. The maximum atomic E-state index is 12.1. The predicted octanol–water partition coefficient (Wildman–Crippen LogP) is 1.61. The molecule has 3 rings (SSSR count). The van der Waals surface area contributed by atoms with Crippen molar-refractivity contribution in [3.8, 4) is 0 Å². The quantitative estimate of drug-likeness (QED) is 0.900. The number of hydrogen-bond acceptors (Lipinski definition) is 4. The second-order valence-electron chi connectivity index (χ2n) is 5.59. The average molecular weight is 317 g/mol. The average Bonchev–Trinajstić information content (AvgIpc) is 3.00. The Bertz CT molecular complexity index is 702. The van der Waals surface area contributed by atoms with Crippen LogP contribution in [0.1, 0.15) is 27.7 Å². The summed E-state index contributed by atoms with van der Waals surface area (Å²) >= 11 is 1.83. The van der Waals surface area contributed by atoms with Gasteiger partial charge in [0.1, 0.15) is 0 Å². The number of pyridine rings is 1. The minimum Gasteiger partial charge on any atom is -0.350 e. The summed E-state index contributed by atoms with van der Waals surface area (Å²) in [7, 11) is 0. The summed E-state index contributed by atoms with van der Waals surface area (Å²) in [5.74, 6) is -0.156. The Balaban J connectivity index is 1.54. The van der Waals surface area contributed by atoms with Gasteiger partial charge in [0.2, 0.25) is 5.56 Å². The van der Waals surface area contributed by atoms with Crippen molar-refractivity contribution >= 4 is 17.2 Å². The van der Waals surface area contributed by atoms with Crippen molar-refractivity contribution in [2.45, 2.75) is 25.9 Å². The number of carbonyl (C=O) groups is 1. The van der Waals surface area contributed by atoms with Crippen molar-refractivity contribution in [3.63, 3.8) is 0 Å². The van der Waals surface area contributed by atoms with E-state index in [1.807, 2.05) is 11.3 Å². The molecule has 3 heterocycles. The lowest BCUT2D eigenvalue weighted by atomic mass is 10.1. The summed E-state index contributed by atoms with van der Waals surface area (Å²) < 4.78 is 0. The topological polar surface area (TPSA) is 65.2 Å². The highest BCUT2D eigenvalue weighted by Gasteiger charge is 2.21. The van der Waals surface area contributed by atoms with Crippen LogP contribution in [0.5, 0.6) is 0 Å². The third kappa shape index (κ3) is 3.28. The van der Waals surface area contributed by atoms with Crippen LogP contribution < -0.4 is 10.9 Å². The zero-order valence-electron chi connectivity index (χ0n) is 12.5. The van der Waals surface area contributed by atoms with Gasteiger partial charge in [0.05, 0.1) is 5.56 Å². The number of hydrogen-bond donors (Lipinski definition) is 2.